The molecule has 134 valence electrons. The second-order valence-electron chi connectivity index (χ2n) is 4.59. The van der Waals surface area contributed by atoms with Gasteiger partial charge in [-0.15, -0.1) is 11.6 Å². The summed E-state index contributed by atoms with van der Waals surface area (Å²) in [5.41, 5.74) is 4.83. The molecule has 2 aromatic rings. The van der Waals surface area contributed by atoms with Gasteiger partial charge in [-0.05, 0) is 18.2 Å². The molecule has 1 aromatic carbocycles. The lowest BCUT2D eigenvalue weighted by atomic mass is 10.3. The molecule has 1 heterocycles. The Labute approximate surface area is 160 Å². The molecule has 0 fully saturated rings. The van der Waals surface area contributed by atoms with Gasteiger partial charge in [0.1, 0.15) is 10.9 Å². The van der Waals surface area contributed by atoms with E-state index >= 15 is 0 Å². The number of hydrogen-bond donors (Lipinski definition) is 1. The van der Waals surface area contributed by atoms with Crippen LogP contribution in [0.5, 0.6) is 11.6 Å². The van der Waals surface area contributed by atoms with Crippen LogP contribution in [0.1, 0.15) is 5.56 Å². The fourth-order valence-corrected chi connectivity index (χ4v) is 2.47. The molecular weight excluding hydrogens is 425 g/mol. The van der Waals surface area contributed by atoms with Gasteiger partial charge in [0, 0.05) is 6.20 Å². The lowest BCUT2D eigenvalue weighted by molar-refractivity contribution is -0.137. The number of ether oxygens (including phenoxy) is 1. The van der Waals surface area contributed by atoms with E-state index in [2.05, 4.69) is 9.98 Å². The minimum Gasteiger partial charge on any atom is -0.434 e. The summed E-state index contributed by atoms with van der Waals surface area (Å²) >= 11 is 23.4. The van der Waals surface area contributed by atoms with Crippen LogP contribution in [-0.4, -0.2) is 16.7 Å². The molecule has 1 aromatic heterocycles. The number of aliphatic imine (C=N–C) groups is 1. The van der Waals surface area contributed by atoms with Crippen LogP contribution in [-0.2, 0) is 6.18 Å². The molecule has 0 amide bonds. The topological polar surface area (TPSA) is 60.5 Å². The number of rotatable bonds is 4. The van der Waals surface area contributed by atoms with Crippen molar-refractivity contribution >= 4 is 57.9 Å². The number of benzene rings is 1. The smallest absolute Gasteiger partial charge is 0.417 e. The van der Waals surface area contributed by atoms with Gasteiger partial charge in [-0.3, -0.25) is 0 Å². The van der Waals surface area contributed by atoms with E-state index in [-0.39, 0.29) is 38.4 Å². The average Bonchev–Trinajstić information content (AvgIpc) is 2.51. The van der Waals surface area contributed by atoms with Gasteiger partial charge in [0.2, 0.25) is 5.88 Å². The van der Waals surface area contributed by atoms with Crippen molar-refractivity contribution in [2.24, 2.45) is 10.7 Å². The van der Waals surface area contributed by atoms with Crippen LogP contribution in [0, 0.1) is 0 Å². The summed E-state index contributed by atoms with van der Waals surface area (Å²) in [6, 6.07) is 3.46. The first-order valence-electron chi connectivity index (χ1n) is 6.40. The lowest BCUT2D eigenvalue weighted by Gasteiger charge is -2.12. The lowest BCUT2D eigenvalue weighted by Crippen LogP contribution is -2.12. The van der Waals surface area contributed by atoms with Crippen molar-refractivity contribution in [2.75, 3.05) is 5.88 Å². The summed E-state index contributed by atoms with van der Waals surface area (Å²) in [5.74, 6) is -0.163. The zero-order chi connectivity index (χ0) is 18.8. The van der Waals surface area contributed by atoms with Crippen molar-refractivity contribution in [3.63, 3.8) is 0 Å². The van der Waals surface area contributed by atoms with E-state index in [4.69, 9.17) is 56.9 Å². The number of aromatic nitrogens is 1. The Morgan fingerprint density at radius 1 is 1.12 bits per heavy atom. The van der Waals surface area contributed by atoms with Gasteiger partial charge in [0.25, 0.3) is 0 Å². The Morgan fingerprint density at radius 3 is 2.20 bits per heavy atom. The van der Waals surface area contributed by atoms with Crippen LogP contribution in [0.4, 0.5) is 18.9 Å². The van der Waals surface area contributed by atoms with E-state index in [9.17, 15) is 13.2 Å². The second kappa shape index (κ2) is 7.86. The van der Waals surface area contributed by atoms with Gasteiger partial charge in [-0.25, -0.2) is 9.98 Å². The zero-order valence-electron chi connectivity index (χ0n) is 12.0. The highest BCUT2D eigenvalue weighted by Crippen LogP contribution is 2.41. The van der Waals surface area contributed by atoms with Crippen molar-refractivity contribution in [3.8, 4) is 11.6 Å². The molecular formula is C14H8Cl4F3N3O. The molecule has 0 unspecified atom stereocenters. The van der Waals surface area contributed by atoms with Crippen LogP contribution in [0.25, 0.3) is 0 Å². The highest BCUT2D eigenvalue weighted by molar-refractivity contribution is 6.37. The number of nitrogens with zero attached hydrogens (tertiary/aromatic N) is 2. The van der Waals surface area contributed by atoms with E-state index in [1.165, 1.54) is 12.1 Å². The summed E-state index contributed by atoms with van der Waals surface area (Å²) in [5, 5.41) is -0.284. The molecule has 0 radical (unpaired) electrons. The molecule has 0 aliphatic heterocycles. The summed E-state index contributed by atoms with van der Waals surface area (Å²) in [6.45, 7) is 0. The third-order valence-corrected chi connectivity index (χ3v) is 3.83. The number of halogens is 7. The van der Waals surface area contributed by atoms with E-state index in [1.54, 1.807) is 0 Å². The predicted molar refractivity (Wildman–Crippen MR) is 92.8 cm³/mol. The first-order chi connectivity index (χ1) is 11.6. The molecule has 0 aliphatic carbocycles. The molecule has 0 spiro atoms. The summed E-state index contributed by atoms with van der Waals surface area (Å²) in [6.07, 6.45) is -3.99. The van der Waals surface area contributed by atoms with E-state index in [0.717, 1.165) is 0 Å². The first kappa shape index (κ1) is 19.9. The molecule has 2 rings (SSSR count). The van der Waals surface area contributed by atoms with Crippen LogP contribution in [0.15, 0.2) is 29.4 Å². The normalized spacial score (nSPS) is 12.4. The van der Waals surface area contributed by atoms with Gasteiger partial charge in [0.05, 0.1) is 27.2 Å². The maximum atomic E-state index is 12.6. The molecule has 0 aliphatic rings. The number of alkyl halides is 4. The number of pyridine rings is 1. The van der Waals surface area contributed by atoms with Gasteiger partial charge >= 0.3 is 6.18 Å². The van der Waals surface area contributed by atoms with Crippen LogP contribution < -0.4 is 10.5 Å². The Balaban J connectivity index is 2.35. The minimum atomic E-state index is -4.58. The van der Waals surface area contributed by atoms with Crippen molar-refractivity contribution in [3.05, 3.63) is 45.0 Å². The molecule has 25 heavy (non-hydrogen) atoms. The number of hydrogen-bond acceptors (Lipinski definition) is 3. The van der Waals surface area contributed by atoms with Gasteiger partial charge in [-0.2, -0.15) is 13.2 Å². The Morgan fingerprint density at radius 2 is 1.72 bits per heavy atom. The van der Waals surface area contributed by atoms with E-state index in [1.807, 2.05) is 0 Å². The van der Waals surface area contributed by atoms with Crippen LogP contribution in [0.3, 0.4) is 0 Å². The maximum absolute atomic E-state index is 12.6. The molecule has 4 nitrogen and oxygen atoms in total. The van der Waals surface area contributed by atoms with Crippen molar-refractivity contribution < 1.29 is 17.9 Å². The molecule has 11 heteroatoms. The molecule has 2 N–H and O–H groups in total. The third-order valence-electron chi connectivity index (χ3n) is 2.73. The van der Waals surface area contributed by atoms with Crippen molar-refractivity contribution in [1.82, 2.24) is 4.98 Å². The highest BCUT2D eigenvalue weighted by Gasteiger charge is 2.32. The highest BCUT2D eigenvalue weighted by atomic mass is 35.5. The maximum Gasteiger partial charge on any atom is 0.417 e. The zero-order valence-corrected chi connectivity index (χ0v) is 15.1. The van der Waals surface area contributed by atoms with Gasteiger partial charge < -0.3 is 10.5 Å². The van der Waals surface area contributed by atoms with E-state index < -0.39 is 11.7 Å². The Kier molecular flexibility index (Phi) is 6.26. The summed E-state index contributed by atoms with van der Waals surface area (Å²) < 4.78 is 43.2. The standard InChI is InChI=1S/C14H8Cl4F3N3O/c15-4-11(22)24-7-2-8(16)12(9(17)3-7)25-13-10(18)1-6(5-23-13)14(19,20)21/h1-3,5H,4H2,(H2,22,24). The molecule has 0 bridgehead atoms. The SMILES string of the molecule is NC(CCl)=Nc1cc(Cl)c(Oc2ncc(C(F)(F)F)cc2Cl)c(Cl)c1. The van der Waals surface area contributed by atoms with Crippen LogP contribution >= 0.6 is 46.4 Å². The number of amidine groups is 1. The van der Waals surface area contributed by atoms with E-state index in [0.29, 0.717) is 18.0 Å². The first-order valence-corrected chi connectivity index (χ1v) is 8.07. The summed E-state index contributed by atoms with van der Waals surface area (Å²) in [4.78, 5) is 7.52. The summed E-state index contributed by atoms with van der Waals surface area (Å²) in [7, 11) is 0. The Bertz CT molecular complexity index is 804. The third kappa shape index (κ3) is 5.04. The molecule has 0 saturated carbocycles. The van der Waals surface area contributed by atoms with Crippen molar-refractivity contribution in [2.45, 2.75) is 6.18 Å². The second-order valence-corrected chi connectivity index (χ2v) is 6.07. The fourth-order valence-electron chi connectivity index (χ4n) is 1.66. The Hall–Kier alpha value is -1.41. The van der Waals surface area contributed by atoms with Crippen molar-refractivity contribution in [1.29, 1.82) is 0 Å². The van der Waals surface area contributed by atoms with Crippen LogP contribution in [0.2, 0.25) is 15.1 Å². The monoisotopic (exact) mass is 431 g/mol. The molecule has 0 atom stereocenters. The predicted octanol–water partition coefficient (Wildman–Crippen LogP) is 6.08. The minimum absolute atomic E-state index is 0.0125. The fraction of sp³-hybridized carbons (Fsp3) is 0.143. The van der Waals surface area contributed by atoms with Gasteiger partial charge in [-0.1, -0.05) is 34.8 Å². The van der Waals surface area contributed by atoms with Gasteiger partial charge in [0.15, 0.2) is 5.75 Å². The quantitative estimate of drug-likeness (QED) is 0.361. The number of nitrogens with two attached hydrogens (primary N) is 1. The largest absolute Gasteiger partial charge is 0.434 e. The molecule has 0 saturated heterocycles. The average molecular weight is 433 g/mol.